The zero-order valence-electron chi connectivity index (χ0n) is 11.2. The lowest BCUT2D eigenvalue weighted by Gasteiger charge is -2.21. The lowest BCUT2D eigenvalue weighted by molar-refractivity contribution is 0.238. The van der Waals surface area contributed by atoms with Gasteiger partial charge < -0.3 is 20.5 Å². The van der Waals surface area contributed by atoms with Crippen molar-refractivity contribution in [2.75, 3.05) is 13.1 Å². The van der Waals surface area contributed by atoms with Crippen LogP contribution in [0.2, 0.25) is 0 Å². The van der Waals surface area contributed by atoms with Gasteiger partial charge in [0.2, 0.25) is 0 Å². The van der Waals surface area contributed by atoms with E-state index in [1.165, 1.54) is 0 Å². The largest absolute Gasteiger partial charge is 0.487 e. The molecule has 0 bridgehead atoms. The van der Waals surface area contributed by atoms with Crippen LogP contribution in [0.4, 0.5) is 0 Å². The third-order valence-corrected chi connectivity index (χ3v) is 2.60. The average molecular weight is 300 g/mol. The Bertz CT molecular complexity index is 377. The Morgan fingerprint density at radius 2 is 1.68 bits per heavy atom. The Morgan fingerprint density at radius 1 is 1.21 bits per heavy atom. The summed E-state index contributed by atoms with van der Waals surface area (Å²) in [6, 6.07) is 10.1. The average Bonchev–Trinajstić information content (AvgIpc) is 2.38. The first-order chi connectivity index (χ1) is 9.01. The third-order valence-electron chi connectivity index (χ3n) is 2.23. The van der Waals surface area contributed by atoms with E-state index < -0.39 is 5.17 Å². The van der Waals surface area contributed by atoms with E-state index in [-0.39, 0.29) is 0 Å². The summed E-state index contributed by atoms with van der Waals surface area (Å²) in [7, 11) is 0. The van der Waals surface area contributed by atoms with Crippen molar-refractivity contribution in [3.8, 4) is 0 Å². The molecule has 3 N–H and O–H groups in total. The molecule has 0 aliphatic rings. The first-order valence-corrected chi connectivity index (χ1v) is 6.76. The fourth-order valence-corrected chi connectivity index (χ4v) is 1.61. The van der Waals surface area contributed by atoms with Gasteiger partial charge in [-0.1, -0.05) is 30.3 Å². The highest BCUT2D eigenvalue weighted by molar-refractivity contribution is 7.80. The molecule has 0 radical (unpaired) electrons. The summed E-state index contributed by atoms with van der Waals surface area (Å²) in [4.78, 5) is 2.03. The van der Waals surface area contributed by atoms with Crippen molar-refractivity contribution in [1.82, 2.24) is 4.90 Å². The molecule has 0 unspecified atom stereocenters. The molecule has 0 spiro atoms. The minimum absolute atomic E-state index is 0.500. The highest BCUT2D eigenvalue weighted by Crippen LogP contribution is 2.03. The molecular weight excluding hydrogens is 280 g/mol. The Hall–Kier alpha value is -1.40. The van der Waals surface area contributed by atoms with Gasteiger partial charge in [0.1, 0.15) is 6.61 Å². The quantitative estimate of drug-likeness (QED) is 0.834. The second kappa shape index (κ2) is 10.5. The number of hydrogen-bond acceptors (Lipinski definition) is 3. The van der Waals surface area contributed by atoms with E-state index in [4.69, 9.17) is 22.1 Å². The first-order valence-electron chi connectivity index (χ1n) is 5.95. The van der Waals surface area contributed by atoms with E-state index in [1.54, 1.807) is 0 Å². The third kappa shape index (κ3) is 9.21. The van der Waals surface area contributed by atoms with Crippen molar-refractivity contribution < 1.29 is 9.84 Å². The van der Waals surface area contributed by atoms with Crippen molar-refractivity contribution in [2.45, 2.75) is 20.5 Å². The summed E-state index contributed by atoms with van der Waals surface area (Å²) < 4.78 is 5.53. The van der Waals surface area contributed by atoms with Crippen molar-refractivity contribution in [1.29, 1.82) is 0 Å². The van der Waals surface area contributed by atoms with Gasteiger partial charge in [-0.2, -0.15) is 0 Å². The summed E-state index contributed by atoms with van der Waals surface area (Å²) in [5, 5.41) is 7.65. The highest BCUT2D eigenvalue weighted by atomic mass is 32.1. The number of benzene rings is 1. The lowest BCUT2D eigenvalue weighted by Crippen LogP contribution is -2.30. The Morgan fingerprint density at radius 3 is 2.11 bits per heavy atom. The number of hydrogen-bond donors (Lipinski definition) is 2. The highest BCUT2D eigenvalue weighted by Gasteiger charge is 2.05. The molecule has 1 rings (SSSR count). The summed E-state index contributed by atoms with van der Waals surface area (Å²) in [5.74, 6) is 0. The fourth-order valence-electron chi connectivity index (χ4n) is 1.29. The molecule has 0 saturated heterocycles. The zero-order chi connectivity index (χ0) is 14.7. The standard InChI is InChI=1S/C12H17NOS.CH3NOS/c1-3-13(4-2)12(15)14-10-11-8-6-5-7-9-11;2-1(3)4/h5-9H,3-4,10H2,1-2H3;(H3,2,3,4). The Labute approximate surface area is 125 Å². The fraction of sp³-hybridized carbons (Fsp3) is 0.385. The SMILES string of the molecule is CCN(CC)C(=S)OCc1ccccc1.NC(O)=S. The second-order valence-corrected chi connectivity index (χ2v) is 4.32. The van der Waals surface area contributed by atoms with Crippen LogP contribution in [0.5, 0.6) is 0 Å². The lowest BCUT2D eigenvalue weighted by atomic mass is 10.2. The van der Waals surface area contributed by atoms with E-state index in [0.29, 0.717) is 11.8 Å². The van der Waals surface area contributed by atoms with Gasteiger partial charge in [0.05, 0.1) is 0 Å². The maximum atomic E-state index is 7.56. The molecule has 0 amide bonds. The molecule has 0 fully saturated rings. The van der Waals surface area contributed by atoms with Crippen LogP contribution in [0.25, 0.3) is 0 Å². The normalized spacial score (nSPS) is 8.95. The number of aliphatic hydroxyl groups excluding tert-OH is 1. The summed E-state index contributed by atoms with van der Waals surface area (Å²) in [6.45, 7) is 6.48. The van der Waals surface area contributed by atoms with Crippen LogP contribution in [-0.4, -0.2) is 33.4 Å². The van der Waals surface area contributed by atoms with Crippen LogP contribution in [0.1, 0.15) is 19.4 Å². The van der Waals surface area contributed by atoms with Gasteiger partial charge in [-0.3, -0.25) is 0 Å². The van der Waals surface area contributed by atoms with E-state index in [1.807, 2.05) is 35.2 Å². The summed E-state index contributed by atoms with van der Waals surface area (Å²) in [6.07, 6.45) is 0. The van der Waals surface area contributed by atoms with E-state index in [9.17, 15) is 0 Å². The van der Waals surface area contributed by atoms with Gasteiger partial charge in [-0.25, -0.2) is 0 Å². The maximum absolute atomic E-state index is 7.56. The molecule has 0 aromatic heterocycles. The van der Waals surface area contributed by atoms with Gasteiger partial charge in [0.25, 0.3) is 10.3 Å². The van der Waals surface area contributed by atoms with Crippen molar-refractivity contribution in [3.05, 3.63) is 35.9 Å². The molecule has 0 saturated carbocycles. The van der Waals surface area contributed by atoms with Crippen LogP contribution in [-0.2, 0) is 11.3 Å². The number of nitrogens with two attached hydrogens (primary N) is 1. The van der Waals surface area contributed by atoms with Gasteiger partial charge in [-0.15, -0.1) is 0 Å². The van der Waals surface area contributed by atoms with Gasteiger partial charge in [-0.05, 0) is 43.8 Å². The van der Waals surface area contributed by atoms with Crippen molar-refractivity contribution >= 4 is 34.8 Å². The number of thiocarbonyl (C=S) groups is 2. The van der Waals surface area contributed by atoms with E-state index in [2.05, 4.69) is 31.8 Å². The van der Waals surface area contributed by atoms with Crippen LogP contribution >= 0.6 is 24.4 Å². The summed E-state index contributed by atoms with van der Waals surface area (Å²) >= 11 is 9.05. The van der Waals surface area contributed by atoms with Gasteiger partial charge in [0.15, 0.2) is 0 Å². The van der Waals surface area contributed by atoms with Crippen molar-refractivity contribution in [3.63, 3.8) is 0 Å². The smallest absolute Gasteiger partial charge is 0.259 e. The Kier molecular flexibility index (Phi) is 9.74. The molecule has 106 valence electrons. The van der Waals surface area contributed by atoms with Crippen molar-refractivity contribution in [2.24, 2.45) is 5.73 Å². The van der Waals surface area contributed by atoms with E-state index >= 15 is 0 Å². The molecular formula is C13H20N2O2S2. The number of aliphatic hydroxyl groups is 1. The first kappa shape index (κ1) is 17.6. The topological polar surface area (TPSA) is 58.7 Å². The van der Waals surface area contributed by atoms with Crippen LogP contribution in [0.3, 0.4) is 0 Å². The van der Waals surface area contributed by atoms with Crippen LogP contribution in [0.15, 0.2) is 30.3 Å². The molecule has 0 aliphatic carbocycles. The zero-order valence-corrected chi connectivity index (χ0v) is 12.8. The van der Waals surface area contributed by atoms with Gasteiger partial charge in [0, 0.05) is 13.1 Å². The monoisotopic (exact) mass is 300 g/mol. The molecule has 6 heteroatoms. The maximum Gasteiger partial charge on any atom is 0.259 e. The molecule has 19 heavy (non-hydrogen) atoms. The van der Waals surface area contributed by atoms with Crippen LogP contribution < -0.4 is 5.73 Å². The van der Waals surface area contributed by atoms with E-state index in [0.717, 1.165) is 18.7 Å². The number of ether oxygens (including phenoxy) is 1. The van der Waals surface area contributed by atoms with Crippen LogP contribution in [0, 0.1) is 0 Å². The second-order valence-electron chi connectivity index (χ2n) is 3.55. The number of nitrogens with zero attached hydrogens (tertiary/aromatic N) is 1. The predicted molar refractivity (Wildman–Crippen MR) is 86.2 cm³/mol. The molecule has 1 aromatic rings. The summed E-state index contributed by atoms with van der Waals surface area (Å²) in [5.41, 5.74) is 5.54. The molecule has 4 nitrogen and oxygen atoms in total. The molecule has 0 atom stereocenters. The molecule has 0 heterocycles. The predicted octanol–water partition coefficient (Wildman–Crippen LogP) is 2.62. The Balaban J connectivity index is 0.000000711. The minimum Gasteiger partial charge on any atom is -0.487 e. The van der Waals surface area contributed by atoms with Gasteiger partial charge >= 0.3 is 0 Å². The molecule has 1 aromatic carbocycles. The molecule has 0 aliphatic heterocycles. The minimum atomic E-state index is -0.500. The number of rotatable bonds is 4.